The van der Waals surface area contributed by atoms with Crippen LogP contribution in [-0.2, 0) is 0 Å². The van der Waals surface area contributed by atoms with Crippen molar-refractivity contribution in [2.24, 2.45) is 0 Å². The van der Waals surface area contributed by atoms with Gasteiger partial charge in [0.2, 0.25) is 0 Å². The summed E-state index contributed by atoms with van der Waals surface area (Å²) in [6.07, 6.45) is 2.98. The zero-order valence-corrected chi connectivity index (χ0v) is 16.6. The third-order valence-corrected chi connectivity index (χ3v) is 5.31. The number of anilines is 3. The summed E-state index contributed by atoms with van der Waals surface area (Å²) in [5.74, 6) is -0.612. The topological polar surface area (TPSA) is 106 Å². The fourth-order valence-electron chi connectivity index (χ4n) is 3.32. The van der Waals surface area contributed by atoms with Crippen molar-refractivity contribution in [3.63, 3.8) is 0 Å². The van der Waals surface area contributed by atoms with Crippen LogP contribution in [0.1, 0.15) is 39.4 Å². The number of fused-ring (bicyclic) bond motifs is 1. The van der Waals surface area contributed by atoms with E-state index in [0.29, 0.717) is 28.6 Å². The van der Waals surface area contributed by atoms with Crippen LogP contribution in [0.5, 0.6) is 0 Å². The molecule has 29 heavy (non-hydrogen) atoms. The van der Waals surface area contributed by atoms with Crippen LogP contribution in [0.25, 0.3) is 0 Å². The molecule has 3 N–H and O–H groups in total. The van der Waals surface area contributed by atoms with Crippen molar-refractivity contribution in [1.82, 2.24) is 14.8 Å². The van der Waals surface area contributed by atoms with Gasteiger partial charge in [-0.2, -0.15) is 5.10 Å². The van der Waals surface area contributed by atoms with Gasteiger partial charge < -0.3 is 16.0 Å². The molecule has 4 rings (SSSR count). The van der Waals surface area contributed by atoms with Gasteiger partial charge in [0.15, 0.2) is 5.69 Å². The minimum atomic E-state index is -0.456. The number of nitrogen functional groups attached to an aromatic ring is 1. The highest BCUT2D eigenvalue weighted by Crippen LogP contribution is 2.32. The molecule has 0 fully saturated rings. The lowest BCUT2D eigenvalue weighted by atomic mass is 10.1. The second kappa shape index (κ2) is 7.21. The molecule has 0 bridgehead atoms. The van der Waals surface area contributed by atoms with E-state index in [1.165, 1.54) is 12.4 Å². The van der Waals surface area contributed by atoms with E-state index in [9.17, 15) is 9.59 Å². The Kier molecular flexibility index (Phi) is 4.71. The summed E-state index contributed by atoms with van der Waals surface area (Å²) in [6, 6.07) is 8.59. The van der Waals surface area contributed by atoms with Crippen LogP contribution in [0.3, 0.4) is 0 Å². The third kappa shape index (κ3) is 3.31. The fraction of sp³-hybridized carbons (Fsp3) is 0.200. The molecule has 1 aromatic carbocycles. The van der Waals surface area contributed by atoms with E-state index in [1.54, 1.807) is 27.8 Å². The number of amides is 2. The molecule has 1 aliphatic rings. The van der Waals surface area contributed by atoms with Crippen molar-refractivity contribution in [2.45, 2.75) is 19.9 Å². The number of nitrogens with zero attached hydrogens (tertiary/aromatic N) is 4. The zero-order valence-electron chi connectivity index (χ0n) is 15.9. The standard InChI is InChI=1S/C20H19ClN6O2/c1-11-5-6-13(8-15(11)21)26-10-12(2)27-17(20(26)29)16(9-24-27)25-19(28)14-4-3-7-23-18(14)22/h3-9,12H,10H2,1-2H3,(H2,22,23)(H,25,28)/t12-/m0/s1. The molecule has 2 aromatic heterocycles. The van der Waals surface area contributed by atoms with Crippen LogP contribution < -0.4 is 16.0 Å². The second-order valence-corrected chi connectivity index (χ2v) is 7.35. The largest absolute Gasteiger partial charge is 0.383 e. The van der Waals surface area contributed by atoms with E-state index in [2.05, 4.69) is 15.4 Å². The van der Waals surface area contributed by atoms with Gasteiger partial charge in [0.05, 0.1) is 23.5 Å². The number of aryl methyl sites for hydroxylation is 1. The van der Waals surface area contributed by atoms with Crippen LogP contribution in [0.2, 0.25) is 5.02 Å². The van der Waals surface area contributed by atoms with Gasteiger partial charge in [-0.25, -0.2) is 4.98 Å². The van der Waals surface area contributed by atoms with Crippen molar-refractivity contribution in [1.29, 1.82) is 0 Å². The molecule has 3 aromatic rings. The maximum atomic E-state index is 13.3. The predicted molar refractivity (Wildman–Crippen MR) is 111 cm³/mol. The van der Waals surface area contributed by atoms with Gasteiger partial charge >= 0.3 is 0 Å². The highest BCUT2D eigenvalue weighted by molar-refractivity contribution is 6.31. The molecule has 0 saturated heterocycles. The van der Waals surface area contributed by atoms with Gasteiger partial charge in [-0.1, -0.05) is 17.7 Å². The average Bonchev–Trinajstić information content (AvgIpc) is 3.11. The first-order chi connectivity index (χ1) is 13.9. The van der Waals surface area contributed by atoms with E-state index in [-0.39, 0.29) is 23.3 Å². The molecule has 148 valence electrons. The number of halogens is 1. The van der Waals surface area contributed by atoms with Gasteiger partial charge in [-0.15, -0.1) is 0 Å². The molecule has 0 spiro atoms. The van der Waals surface area contributed by atoms with Gasteiger partial charge in [0.25, 0.3) is 11.8 Å². The van der Waals surface area contributed by atoms with Crippen molar-refractivity contribution in [3.05, 3.63) is 64.6 Å². The fourth-order valence-corrected chi connectivity index (χ4v) is 3.50. The van der Waals surface area contributed by atoms with Crippen molar-refractivity contribution in [3.8, 4) is 0 Å². The first-order valence-electron chi connectivity index (χ1n) is 9.04. The third-order valence-electron chi connectivity index (χ3n) is 4.91. The number of hydrogen-bond donors (Lipinski definition) is 2. The second-order valence-electron chi connectivity index (χ2n) is 6.94. The molecule has 0 unspecified atom stereocenters. The van der Waals surface area contributed by atoms with E-state index in [4.69, 9.17) is 17.3 Å². The molecule has 0 radical (unpaired) electrons. The molecule has 3 heterocycles. The van der Waals surface area contributed by atoms with Crippen LogP contribution >= 0.6 is 11.6 Å². The number of rotatable bonds is 3. The molecular weight excluding hydrogens is 392 g/mol. The summed E-state index contributed by atoms with van der Waals surface area (Å²) in [5.41, 5.74) is 8.25. The molecule has 8 nitrogen and oxygen atoms in total. The molecule has 0 aliphatic carbocycles. The van der Waals surface area contributed by atoms with Crippen molar-refractivity contribution >= 4 is 40.6 Å². The SMILES string of the molecule is Cc1ccc(N2C[C@H](C)n3ncc(NC(=O)c4cccnc4N)c3C2=O)cc1Cl. The average molecular weight is 411 g/mol. The summed E-state index contributed by atoms with van der Waals surface area (Å²) >= 11 is 6.25. The maximum Gasteiger partial charge on any atom is 0.278 e. The van der Waals surface area contributed by atoms with E-state index >= 15 is 0 Å². The van der Waals surface area contributed by atoms with Gasteiger partial charge in [-0.3, -0.25) is 14.3 Å². The lowest BCUT2D eigenvalue weighted by Gasteiger charge is -2.32. The van der Waals surface area contributed by atoms with Gasteiger partial charge in [-0.05, 0) is 43.7 Å². The zero-order chi connectivity index (χ0) is 20.7. The number of nitrogens with one attached hydrogen (secondary N) is 1. The minimum absolute atomic E-state index is 0.0862. The Morgan fingerprint density at radius 3 is 2.86 bits per heavy atom. The highest BCUT2D eigenvalue weighted by Gasteiger charge is 2.34. The smallest absolute Gasteiger partial charge is 0.278 e. The highest BCUT2D eigenvalue weighted by atomic mass is 35.5. The lowest BCUT2D eigenvalue weighted by Crippen LogP contribution is -2.43. The van der Waals surface area contributed by atoms with Crippen LogP contribution in [0, 0.1) is 6.92 Å². The lowest BCUT2D eigenvalue weighted by molar-refractivity contribution is 0.0954. The van der Waals surface area contributed by atoms with Crippen LogP contribution in [0.15, 0.2) is 42.7 Å². The van der Waals surface area contributed by atoms with E-state index in [1.807, 2.05) is 26.0 Å². The first-order valence-corrected chi connectivity index (χ1v) is 9.42. The summed E-state index contributed by atoms with van der Waals surface area (Å²) in [7, 11) is 0. The summed E-state index contributed by atoms with van der Waals surface area (Å²) < 4.78 is 1.62. The summed E-state index contributed by atoms with van der Waals surface area (Å²) in [6.45, 7) is 4.30. The van der Waals surface area contributed by atoms with Gasteiger partial charge in [0.1, 0.15) is 5.82 Å². The summed E-state index contributed by atoms with van der Waals surface area (Å²) in [5, 5.41) is 7.62. The van der Waals surface area contributed by atoms with E-state index in [0.717, 1.165) is 5.56 Å². The molecule has 1 aliphatic heterocycles. The number of pyridine rings is 1. The normalized spacial score (nSPS) is 15.9. The van der Waals surface area contributed by atoms with Crippen LogP contribution in [-0.4, -0.2) is 33.1 Å². The Morgan fingerprint density at radius 1 is 1.34 bits per heavy atom. The number of nitrogens with two attached hydrogens (primary N) is 1. The Bertz CT molecular complexity index is 1130. The molecule has 9 heteroatoms. The quantitative estimate of drug-likeness (QED) is 0.689. The number of carbonyl (C=O) groups excluding carboxylic acids is 2. The Hall–Kier alpha value is -3.39. The number of aromatic nitrogens is 3. The Morgan fingerprint density at radius 2 is 2.14 bits per heavy atom. The minimum Gasteiger partial charge on any atom is -0.383 e. The van der Waals surface area contributed by atoms with Gasteiger partial charge in [0, 0.05) is 23.5 Å². The Balaban J connectivity index is 1.68. The molecule has 2 amide bonds. The van der Waals surface area contributed by atoms with Crippen molar-refractivity contribution in [2.75, 3.05) is 22.5 Å². The Labute approximate surface area is 172 Å². The maximum absolute atomic E-state index is 13.3. The molecule has 0 saturated carbocycles. The monoisotopic (exact) mass is 410 g/mol. The molecular formula is C20H19ClN6O2. The number of benzene rings is 1. The number of hydrogen-bond acceptors (Lipinski definition) is 5. The summed E-state index contributed by atoms with van der Waals surface area (Å²) in [4.78, 5) is 31.4. The molecule has 1 atom stereocenters. The van der Waals surface area contributed by atoms with Crippen LogP contribution in [0.4, 0.5) is 17.2 Å². The number of carbonyl (C=O) groups is 2. The van der Waals surface area contributed by atoms with Crippen molar-refractivity contribution < 1.29 is 9.59 Å². The van der Waals surface area contributed by atoms with E-state index < -0.39 is 5.91 Å². The predicted octanol–water partition coefficient (Wildman–Crippen LogP) is 3.30. The first kappa shape index (κ1) is 18.9.